The fourth-order valence-corrected chi connectivity index (χ4v) is 4.71. The molecule has 0 bridgehead atoms. The molecule has 0 rings (SSSR count). The quantitative estimate of drug-likeness (QED) is 0.517. The van der Waals surface area contributed by atoms with Crippen LogP contribution < -0.4 is 0 Å². The summed E-state index contributed by atoms with van der Waals surface area (Å²) < 4.78 is 28.4. The minimum absolute atomic E-state index is 0.0974. The van der Waals surface area contributed by atoms with Gasteiger partial charge in [-0.1, -0.05) is 13.3 Å². The molecule has 2 unspecified atom stereocenters. The van der Waals surface area contributed by atoms with E-state index in [-0.39, 0.29) is 5.40 Å². The van der Waals surface area contributed by atoms with Gasteiger partial charge < -0.3 is 9.05 Å². The minimum atomic E-state index is -1.69. The number of rotatable bonds is 11. The maximum atomic E-state index is 12.0. The van der Waals surface area contributed by atoms with E-state index >= 15 is 0 Å². The Kier molecular flexibility index (Phi) is 11.8. The van der Waals surface area contributed by atoms with Gasteiger partial charge in [-0.05, 0) is 31.8 Å². The van der Waals surface area contributed by atoms with E-state index in [9.17, 15) is 4.57 Å². The minimum Gasteiger partial charge on any atom is -0.331 e. The second kappa shape index (κ2) is 11.5. The average molecular weight is 283 g/mol. The van der Waals surface area contributed by atoms with Crippen LogP contribution in [0.2, 0.25) is 0 Å². The SMILES string of the molecule is CCCCC(P(OCC)OCC)[P+](=O)OCC. The molecule has 0 saturated heterocycles. The van der Waals surface area contributed by atoms with E-state index in [2.05, 4.69) is 6.92 Å². The van der Waals surface area contributed by atoms with Crippen LogP contribution in [0.1, 0.15) is 47.0 Å². The van der Waals surface area contributed by atoms with Gasteiger partial charge in [-0.2, -0.15) is 0 Å². The van der Waals surface area contributed by atoms with Crippen molar-refractivity contribution in [2.45, 2.75) is 52.4 Å². The molecular formula is C11H25O4P2+. The number of hydrogen-bond acceptors (Lipinski definition) is 4. The van der Waals surface area contributed by atoms with Crippen LogP contribution in [-0.2, 0) is 18.1 Å². The zero-order chi connectivity index (χ0) is 13.1. The summed E-state index contributed by atoms with van der Waals surface area (Å²) in [5.74, 6) is 0. The summed E-state index contributed by atoms with van der Waals surface area (Å²) in [6, 6.07) is 0. The van der Waals surface area contributed by atoms with Crippen LogP contribution in [0.5, 0.6) is 0 Å². The fourth-order valence-electron chi connectivity index (χ4n) is 1.35. The predicted octanol–water partition coefficient (Wildman–Crippen LogP) is 4.67. The monoisotopic (exact) mass is 283 g/mol. The lowest BCUT2D eigenvalue weighted by atomic mass is 10.3. The second-order valence-corrected chi connectivity index (χ2v) is 7.02. The molecule has 0 aromatic rings. The standard InChI is InChI=1S/C11H25O4P2/c1-5-9-10-11(16(12)13-6-2)17(14-7-3)15-8-4/h11H,5-10H2,1-4H3/q+1. The lowest BCUT2D eigenvalue weighted by molar-refractivity contribution is 0.263. The largest absolute Gasteiger partial charge is 0.520 e. The highest BCUT2D eigenvalue weighted by atomic mass is 31.2. The Labute approximate surface area is 107 Å². The highest BCUT2D eigenvalue weighted by Crippen LogP contribution is 2.56. The van der Waals surface area contributed by atoms with E-state index in [4.69, 9.17) is 13.6 Å². The molecular weight excluding hydrogens is 258 g/mol. The zero-order valence-corrected chi connectivity index (χ0v) is 13.1. The first-order valence-electron chi connectivity index (χ1n) is 6.35. The molecule has 0 heterocycles. The Morgan fingerprint density at radius 1 is 1.06 bits per heavy atom. The van der Waals surface area contributed by atoms with Crippen LogP contribution in [-0.4, -0.2) is 25.2 Å². The van der Waals surface area contributed by atoms with Gasteiger partial charge in [0.1, 0.15) is 0 Å². The van der Waals surface area contributed by atoms with Gasteiger partial charge in [0.25, 0.3) is 5.40 Å². The molecule has 0 aliphatic heterocycles. The summed E-state index contributed by atoms with van der Waals surface area (Å²) in [5, 5.41) is -0.0974. The molecule has 0 N–H and O–H groups in total. The third kappa shape index (κ3) is 7.43. The molecule has 0 aliphatic rings. The van der Waals surface area contributed by atoms with Gasteiger partial charge >= 0.3 is 8.03 Å². The third-order valence-electron chi connectivity index (χ3n) is 2.07. The first-order chi connectivity index (χ1) is 8.21. The smallest absolute Gasteiger partial charge is 0.331 e. The van der Waals surface area contributed by atoms with Gasteiger partial charge in [0.05, 0.1) is 19.8 Å². The first-order valence-corrected chi connectivity index (χ1v) is 8.84. The normalized spacial score (nSPS) is 14.1. The molecule has 17 heavy (non-hydrogen) atoms. The van der Waals surface area contributed by atoms with Gasteiger partial charge in [0, 0.05) is 6.42 Å². The topological polar surface area (TPSA) is 44.8 Å². The lowest BCUT2D eigenvalue weighted by Gasteiger charge is -2.17. The van der Waals surface area contributed by atoms with Crippen molar-refractivity contribution in [2.75, 3.05) is 19.8 Å². The summed E-state index contributed by atoms with van der Waals surface area (Å²) in [6.45, 7) is 9.48. The van der Waals surface area contributed by atoms with Crippen molar-refractivity contribution in [3.05, 3.63) is 0 Å². The Hall–Kier alpha value is 0.410. The van der Waals surface area contributed by atoms with Crippen LogP contribution in [0.25, 0.3) is 0 Å². The van der Waals surface area contributed by atoms with Gasteiger partial charge in [-0.15, -0.1) is 4.52 Å². The van der Waals surface area contributed by atoms with Crippen molar-refractivity contribution in [3.8, 4) is 0 Å². The van der Waals surface area contributed by atoms with Crippen molar-refractivity contribution in [1.29, 1.82) is 0 Å². The predicted molar refractivity (Wildman–Crippen MR) is 72.7 cm³/mol. The van der Waals surface area contributed by atoms with Crippen molar-refractivity contribution >= 4 is 16.4 Å². The van der Waals surface area contributed by atoms with E-state index in [1.807, 2.05) is 20.8 Å². The summed E-state index contributed by atoms with van der Waals surface area (Å²) >= 11 is 0. The Bertz CT molecular complexity index is 196. The molecule has 0 aliphatic carbocycles. The Morgan fingerprint density at radius 3 is 2.06 bits per heavy atom. The van der Waals surface area contributed by atoms with E-state index in [1.54, 1.807) is 0 Å². The highest BCUT2D eigenvalue weighted by Gasteiger charge is 2.41. The lowest BCUT2D eigenvalue weighted by Crippen LogP contribution is -2.07. The zero-order valence-electron chi connectivity index (χ0n) is 11.3. The van der Waals surface area contributed by atoms with Gasteiger partial charge in [0.15, 0.2) is 0 Å². The maximum absolute atomic E-state index is 12.0. The summed E-state index contributed by atoms with van der Waals surface area (Å²) in [7, 11) is -2.78. The molecule has 0 spiro atoms. The van der Waals surface area contributed by atoms with Crippen LogP contribution in [0.3, 0.4) is 0 Å². The van der Waals surface area contributed by atoms with Gasteiger partial charge in [-0.25, -0.2) is 0 Å². The van der Waals surface area contributed by atoms with Crippen LogP contribution in [0.15, 0.2) is 0 Å². The number of hydrogen-bond donors (Lipinski definition) is 0. The molecule has 6 heteroatoms. The van der Waals surface area contributed by atoms with Crippen molar-refractivity contribution < 1.29 is 18.1 Å². The van der Waals surface area contributed by atoms with Crippen LogP contribution >= 0.6 is 16.4 Å². The molecule has 4 nitrogen and oxygen atoms in total. The summed E-state index contributed by atoms with van der Waals surface area (Å²) in [5.41, 5.74) is 0. The molecule has 0 radical (unpaired) electrons. The van der Waals surface area contributed by atoms with Crippen molar-refractivity contribution in [3.63, 3.8) is 0 Å². The van der Waals surface area contributed by atoms with Crippen molar-refractivity contribution in [1.82, 2.24) is 0 Å². The Balaban J connectivity index is 4.52. The third-order valence-corrected chi connectivity index (χ3v) is 6.23. The maximum Gasteiger partial charge on any atom is 0.520 e. The molecule has 0 amide bonds. The molecule has 102 valence electrons. The molecule has 0 aromatic carbocycles. The van der Waals surface area contributed by atoms with Crippen molar-refractivity contribution in [2.24, 2.45) is 0 Å². The van der Waals surface area contributed by atoms with E-state index in [1.165, 1.54) is 0 Å². The van der Waals surface area contributed by atoms with E-state index in [0.29, 0.717) is 19.8 Å². The molecule has 2 atom stereocenters. The molecule has 0 saturated carbocycles. The Morgan fingerprint density at radius 2 is 1.65 bits per heavy atom. The summed E-state index contributed by atoms with van der Waals surface area (Å²) in [6.07, 6.45) is 2.95. The second-order valence-electron chi connectivity index (χ2n) is 3.45. The van der Waals surface area contributed by atoms with Crippen LogP contribution in [0, 0.1) is 0 Å². The summed E-state index contributed by atoms with van der Waals surface area (Å²) in [4.78, 5) is 0. The van der Waals surface area contributed by atoms with Crippen LogP contribution in [0.4, 0.5) is 0 Å². The number of unbranched alkanes of at least 4 members (excludes halogenated alkanes) is 1. The van der Waals surface area contributed by atoms with E-state index < -0.39 is 16.4 Å². The van der Waals surface area contributed by atoms with Gasteiger partial charge in [0.2, 0.25) is 8.38 Å². The highest BCUT2D eigenvalue weighted by molar-refractivity contribution is 7.63. The fraction of sp³-hybridized carbons (Fsp3) is 1.00. The molecule has 0 fully saturated rings. The average Bonchev–Trinajstić information content (AvgIpc) is 2.30. The van der Waals surface area contributed by atoms with Gasteiger partial charge in [-0.3, -0.25) is 0 Å². The first kappa shape index (κ1) is 17.4. The van der Waals surface area contributed by atoms with E-state index in [0.717, 1.165) is 19.3 Å². The molecule has 0 aromatic heterocycles.